The van der Waals surface area contributed by atoms with Gasteiger partial charge in [-0.15, -0.1) is 0 Å². The molecule has 1 unspecified atom stereocenters. The lowest BCUT2D eigenvalue weighted by atomic mass is 10.0. The highest BCUT2D eigenvalue weighted by molar-refractivity contribution is 5.69. The summed E-state index contributed by atoms with van der Waals surface area (Å²) in [4.78, 5) is 12.5. The fourth-order valence-corrected chi connectivity index (χ4v) is 5.08. The van der Waals surface area contributed by atoms with Crippen molar-refractivity contribution in [3.8, 4) is 5.75 Å². The smallest absolute Gasteiger partial charge is 0.309 e. The predicted octanol–water partition coefficient (Wildman–Crippen LogP) is 9.26. The molecule has 0 amide bonds. The Kier molecular flexibility index (Phi) is 16.6. The molecule has 0 heterocycles. The zero-order valence-corrected chi connectivity index (χ0v) is 25.5. The third-order valence-corrected chi connectivity index (χ3v) is 7.45. The van der Waals surface area contributed by atoms with E-state index in [0.717, 1.165) is 36.2 Å². The number of quaternary nitrogens is 1. The quantitative estimate of drug-likeness (QED) is 0.0648. The molecule has 0 aliphatic rings. The van der Waals surface area contributed by atoms with Gasteiger partial charge in [0.15, 0.2) is 0 Å². The molecule has 4 heteroatoms. The van der Waals surface area contributed by atoms with Gasteiger partial charge < -0.3 is 14.0 Å². The minimum Gasteiger partial charge on any atom is -0.455 e. The van der Waals surface area contributed by atoms with Crippen molar-refractivity contribution in [3.63, 3.8) is 0 Å². The first-order chi connectivity index (χ1) is 18.9. The molecule has 0 saturated carbocycles. The van der Waals surface area contributed by atoms with Crippen LogP contribution in [0.4, 0.5) is 0 Å². The van der Waals surface area contributed by atoms with Crippen molar-refractivity contribution in [3.05, 3.63) is 65.7 Å². The molecule has 218 valence electrons. The van der Waals surface area contributed by atoms with Crippen LogP contribution in [-0.4, -0.2) is 37.4 Å². The number of rotatable bonds is 22. The Morgan fingerprint density at radius 1 is 0.718 bits per heavy atom. The number of unbranched alkanes of at least 4 members (excludes halogenated alkanes) is 10. The second-order valence-corrected chi connectivity index (χ2v) is 11.8. The van der Waals surface area contributed by atoms with Crippen molar-refractivity contribution >= 4 is 5.97 Å². The molecule has 0 saturated heterocycles. The molecule has 39 heavy (non-hydrogen) atoms. The molecule has 0 spiro atoms. The fraction of sp³-hybridized carbons (Fsp3) is 0.629. The van der Waals surface area contributed by atoms with Gasteiger partial charge in [0.25, 0.3) is 0 Å². The van der Waals surface area contributed by atoms with Crippen LogP contribution in [0.15, 0.2) is 54.6 Å². The van der Waals surface area contributed by atoms with Crippen LogP contribution in [0.1, 0.15) is 115 Å². The molecule has 0 bridgehead atoms. The Balaban J connectivity index is 1.58. The van der Waals surface area contributed by atoms with E-state index < -0.39 is 6.29 Å². The van der Waals surface area contributed by atoms with Crippen molar-refractivity contribution in [2.45, 2.75) is 123 Å². The number of nitrogens with zero attached hydrogens (tertiary/aromatic N) is 1. The average Bonchev–Trinajstić information content (AvgIpc) is 2.92. The van der Waals surface area contributed by atoms with Gasteiger partial charge >= 0.3 is 5.97 Å². The molecule has 2 aromatic carbocycles. The molecule has 0 aromatic heterocycles. The second-order valence-electron chi connectivity index (χ2n) is 11.8. The first-order valence-electron chi connectivity index (χ1n) is 15.7. The molecular weight excluding hydrogens is 482 g/mol. The van der Waals surface area contributed by atoms with Crippen LogP contribution in [0.2, 0.25) is 0 Å². The summed E-state index contributed by atoms with van der Waals surface area (Å²) in [5, 5.41) is 0. The minimum atomic E-state index is -0.540. The zero-order chi connectivity index (χ0) is 28.2. The molecule has 0 radical (unpaired) electrons. The van der Waals surface area contributed by atoms with E-state index in [1.165, 1.54) is 81.8 Å². The summed E-state index contributed by atoms with van der Waals surface area (Å²) in [7, 11) is 4.41. The largest absolute Gasteiger partial charge is 0.455 e. The van der Waals surface area contributed by atoms with Crippen LogP contribution in [0.3, 0.4) is 0 Å². The van der Waals surface area contributed by atoms with E-state index in [9.17, 15) is 4.79 Å². The van der Waals surface area contributed by atoms with E-state index in [-0.39, 0.29) is 5.97 Å². The van der Waals surface area contributed by atoms with Gasteiger partial charge in [0.05, 0.1) is 27.1 Å². The van der Waals surface area contributed by atoms with Crippen LogP contribution in [0, 0.1) is 0 Å². The summed E-state index contributed by atoms with van der Waals surface area (Å²) in [6, 6.07) is 18.8. The summed E-state index contributed by atoms with van der Waals surface area (Å²) in [5.41, 5.74) is 2.66. The lowest BCUT2D eigenvalue weighted by Gasteiger charge is -2.30. The third-order valence-electron chi connectivity index (χ3n) is 7.45. The molecule has 2 aromatic rings. The van der Waals surface area contributed by atoms with Gasteiger partial charge in [-0.1, -0.05) is 121 Å². The lowest BCUT2D eigenvalue weighted by Crippen LogP contribution is -2.39. The van der Waals surface area contributed by atoms with Crippen LogP contribution >= 0.6 is 0 Å². The average molecular weight is 539 g/mol. The van der Waals surface area contributed by atoms with E-state index >= 15 is 0 Å². The molecule has 0 aliphatic heterocycles. The van der Waals surface area contributed by atoms with Gasteiger partial charge in [-0.2, -0.15) is 0 Å². The monoisotopic (exact) mass is 538 g/mol. The van der Waals surface area contributed by atoms with Crippen molar-refractivity contribution < 1.29 is 18.8 Å². The van der Waals surface area contributed by atoms with Crippen molar-refractivity contribution in [2.75, 3.05) is 20.6 Å². The first kappa shape index (κ1) is 32.9. The van der Waals surface area contributed by atoms with Crippen LogP contribution in [-0.2, 0) is 22.5 Å². The maximum absolute atomic E-state index is 12.5. The van der Waals surface area contributed by atoms with Crippen LogP contribution < -0.4 is 4.74 Å². The van der Waals surface area contributed by atoms with Crippen molar-refractivity contribution in [1.82, 2.24) is 0 Å². The Bertz CT molecular complexity index is 879. The Morgan fingerprint density at radius 3 is 1.90 bits per heavy atom. The zero-order valence-electron chi connectivity index (χ0n) is 25.5. The molecule has 0 fully saturated rings. The van der Waals surface area contributed by atoms with Gasteiger partial charge in [0, 0.05) is 18.4 Å². The van der Waals surface area contributed by atoms with E-state index in [0.29, 0.717) is 12.8 Å². The van der Waals surface area contributed by atoms with Gasteiger partial charge in [-0.3, -0.25) is 4.79 Å². The molecule has 0 aliphatic carbocycles. The fourth-order valence-electron chi connectivity index (χ4n) is 5.08. The van der Waals surface area contributed by atoms with E-state index in [2.05, 4.69) is 57.4 Å². The van der Waals surface area contributed by atoms with E-state index in [1.807, 2.05) is 25.1 Å². The van der Waals surface area contributed by atoms with Crippen molar-refractivity contribution in [2.24, 2.45) is 0 Å². The molecule has 2 rings (SSSR count). The molecule has 0 N–H and O–H groups in total. The SMILES string of the molecule is CCCCCCCCCCCCCc1ccc(OC(CC)OC(=O)CCC[N+](C)(C)Cc2ccccc2)cc1. The number of hydrogen-bond acceptors (Lipinski definition) is 3. The highest BCUT2D eigenvalue weighted by Crippen LogP contribution is 2.19. The minimum absolute atomic E-state index is 0.185. The number of ether oxygens (including phenoxy) is 2. The summed E-state index contributed by atoms with van der Waals surface area (Å²) >= 11 is 0. The number of esters is 1. The highest BCUT2D eigenvalue weighted by Gasteiger charge is 2.19. The van der Waals surface area contributed by atoms with Gasteiger partial charge in [0.2, 0.25) is 6.29 Å². The summed E-state index contributed by atoms with van der Waals surface area (Å²) in [6.07, 6.45) is 17.5. The van der Waals surface area contributed by atoms with Crippen LogP contribution in [0.5, 0.6) is 5.75 Å². The summed E-state index contributed by atoms with van der Waals surface area (Å²) in [5.74, 6) is 0.577. The Labute approximate surface area is 239 Å². The maximum atomic E-state index is 12.5. The predicted molar refractivity (Wildman–Crippen MR) is 164 cm³/mol. The lowest BCUT2D eigenvalue weighted by molar-refractivity contribution is -0.903. The normalized spacial score (nSPS) is 12.3. The number of hydrogen-bond donors (Lipinski definition) is 0. The second kappa shape index (κ2) is 19.7. The highest BCUT2D eigenvalue weighted by atomic mass is 16.7. The number of carbonyl (C=O) groups is 1. The van der Waals surface area contributed by atoms with Gasteiger partial charge in [0.1, 0.15) is 12.3 Å². The Hall–Kier alpha value is -2.33. The van der Waals surface area contributed by atoms with Gasteiger partial charge in [-0.25, -0.2) is 0 Å². The Morgan fingerprint density at radius 2 is 1.31 bits per heavy atom. The first-order valence-corrected chi connectivity index (χ1v) is 15.7. The maximum Gasteiger partial charge on any atom is 0.309 e. The van der Waals surface area contributed by atoms with Crippen molar-refractivity contribution in [1.29, 1.82) is 0 Å². The number of benzene rings is 2. The van der Waals surface area contributed by atoms with Gasteiger partial charge in [-0.05, 0) is 30.5 Å². The molecule has 4 nitrogen and oxygen atoms in total. The standard InChI is InChI=1S/C35H56NO3/c1-5-7-8-9-10-11-12-13-14-15-17-21-31-25-27-33(28-26-31)38-35(6-2)39-34(37)24-20-29-36(3,4)30-32-22-18-16-19-23-32/h16,18-19,22-23,25-28,35H,5-15,17,20-21,24,29-30H2,1-4H3/q+1. The third kappa shape index (κ3) is 15.8. The van der Waals surface area contributed by atoms with E-state index in [1.54, 1.807) is 0 Å². The molecule has 1 atom stereocenters. The molecular formula is C35H56NO3+. The topological polar surface area (TPSA) is 35.5 Å². The van der Waals surface area contributed by atoms with Crippen LogP contribution in [0.25, 0.3) is 0 Å². The number of carbonyl (C=O) groups excluding carboxylic acids is 1. The summed E-state index contributed by atoms with van der Waals surface area (Å²) < 4.78 is 12.5. The summed E-state index contributed by atoms with van der Waals surface area (Å²) in [6.45, 7) is 6.13. The van der Waals surface area contributed by atoms with E-state index in [4.69, 9.17) is 9.47 Å². The number of aryl methyl sites for hydroxylation is 1.